The van der Waals surface area contributed by atoms with E-state index in [1.165, 1.54) is 12.1 Å². The van der Waals surface area contributed by atoms with Gasteiger partial charge in [0.2, 0.25) is 11.7 Å². The number of rotatable bonds is 4. The molecule has 0 bridgehead atoms. The van der Waals surface area contributed by atoms with Crippen molar-refractivity contribution >= 4 is 11.6 Å². The van der Waals surface area contributed by atoms with E-state index in [4.69, 9.17) is 9.26 Å². The number of amides is 1. The molecule has 2 heterocycles. The van der Waals surface area contributed by atoms with Crippen LogP contribution in [0.2, 0.25) is 0 Å². The highest BCUT2D eigenvalue weighted by Crippen LogP contribution is 2.30. The molecule has 0 aliphatic carbocycles. The lowest BCUT2D eigenvalue weighted by molar-refractivity contribution is 0.0989. The maximum atomic E-state index is 13.6. The molecule has 132 valence electrons. The fourth-order valence-electron chi connectivity index (χ4n) is 2.99. The van der Waals surface area contributed by atoms with Gasteiger partial charge in [-0.15, -0.1) is 0 Å². The van der Waals surface area contributed by atoms with Gasteiger partial charge in [-0.1, -0.05) is 17.3 Å². The van der Waals surface area contributed by atoms with Gasteiger partial charge in [-0.05, 0) is 42.3 Å². The number of anilines is 1. The minimum absolute atomic E-state index is 0.146. The van der Waals surface area contributed by atoms with Crippen molar-refractivity contribution in [3.63, 3.8) is 0 Å². The van der Waals surface area contributed by atoms with Gasteiger partial charge in [-0.25, -0.2) is 4.39 Å². The van der Waals surface area contributed by atoms with Gasteiger partial charge in [0, 0.05) is 19.0 Å². The Hall–Kier alpha value is -3.22. The van der Waals surface area contributed by atoms with Gasteiger partial charge in [0.05, 0.1) is 5.69 Å². The van der Waals surface area contributed by atoms with Crippen LogP contribution >= 0.6 is 0 Å². The minimum Gasteiger partial charge on any atom is -0.485 e. The second kappa shape index (κ2) is 6.59. The summed E-state index contributed by atoms with van der Waals surface area (Å²) in [5, 5.41) is 3.76. The summed E-state index contributed by atoms with van der Waals surface area (Å²) in [7, 11) is 0. The molecule has 1 aliphatic heterocycles. The third kappa shape index (κ3) is 3.15. The summed E-state index contributed by atoms with van der Waals surface area (Å²) in [5.74, 6) is 0.888. The Labute approximate surface area is 149 Å². The molecule has 1 amide bonds. The summed E-state index contributed by atoms with van der Waals surface area (Å²) < 4.78 is 24.1. The molecular formula is C19H16FN3O3. The van der Waals surface area contributed by atoms with Crippen molar-refractivity contribution in [3.8, 4) is 5.75 Å². The average molecular weight is 353 g/mol. The predicted molar refractivity (Wildman–Crippen MR) is 91.6 cm³/mol. The van der Waals surface area contributed by atoms with Gasteiger partial charge in [0.1, 0.15) is 11.6 Å². The fourth-order valence-corrected chi connectivity index (χ4v) is 2.99. The van der Waals surface area contributed by atoms with Crippen molar-refractivity contribution in [2.24, 2.45) is 0 Å². The van der Waals surface area contributed by atoms with Gasteiger partial charge in [0.15, 0.2) is 6.61 Å². The average Bonchev–Trinajstić information content (AvgIpc) is 3.25. The smallest absolute Gasteiger partial charge is 0.258 e. The van der Waals surface area contributed by atoms with E-state index in [9.17, 15) is 9.18 Å². The van der Waals surface area contributed by atoms with E-state index >= 15 is 0 Å². The molecule has 1 aliphatic rings. The highest BCUT2D eigenvalue weighted by atomic mass is 19.1. The number of benzene rings is 2. The SMILES string of the molecule is Cc1nc(COc2cccc(C(=O)N3CCc4ccc(F)cc43)c2)no1. The summed E-state index contributed by atoms with van der Waals surface area (Å²) >= 11 is 0. The first-order valence-corrected chi connectivity index (χ1v) is 8.22. The van der Waals surface area contributed by atoms with E-state index in [0.29, 0.717) is 41.7 Å². The van der Waals surface area contributed by atoms with Gasteiger partial charge in [-0.2, -0.15) is 4.98 Å². The molecule has 4 rings (SSSR count). The number of fused-ring (bicyclic) bond motifs is 1. The Kier molecular flexibility index (Phi) is 4.12. The van der Waals surface area contributed by atoms with E-state index in [-0.39, 0.29) is 18.3 Å². The van der Waals surface area contributed by atoms with E-state index < -0.39 is 0 Å². The third-order valence-electron chi connectivity index (χ3n) is 4.21. The monoisotopic (exact) mass is 353 g/mol. The van der Waals surface area contributed by atoms with Crippen LogP contribution in [-0.2, 0) is 13.0 Å². The molecule has 0 spiro atoms. The Balaban J connectivity index is 1.52. The van der Waals surface area contributed by atoms with Crippen LogP contribution in [0.3, 0.4) is 0 Å². The number of aryl methyl sites for hydroxylation is 1. The summed E-state index contributed by atoms with van der Waals surface area (Å²) in [5.41, 5.74) is 2.08. The summed E-state index contributed by atoms with van der Waals surface area (Å²) in [6.45, 7) is 2.38. The van der Waals surface area contributed by atoms with E-state index in [0.717, 1.165) is 5.56 Å². The van der Waals surface area contributed by atoms with Gasteiger partial charge in [-0.3, -0.25) is 4.79 Å². The van der Waals surface area contributed by atoms with Crippen molar-refractivity contribution < 1.29 is 18.4 Å². The lowest BCUT2D eigenvalue weighted by Gasteiger charge is -2.18. The summed E-state index contributed by atoms with van der Waals surface area (Å²) in [6, 6.07) is 11.4. The second-order valence-electron chi connectivity index (χ2n) is 6.03. The maximum Gasteiger partial charge on any atom is 0.258 e. The second-order valence-corrected chi connectivity index (χ2v) is 6.03. The Morgan fingerprint density at radius 1 is 1.31 bits per heavy atom. The molecule has 0 atom stereocenters. The number of halogens is 1. The molecule has 6 nitrogen and oxygen atoms in total. The topological polar surface area (TPSA) is 68.5 Å². The van der Waals surface area contributed by atoms with Crippen LogP contribution in [0.15, 0.2) is 47.0 Å². The lowest BCUT2D eigenvalue weighted by atomic mass is 10.1. The van der Waals surface area contributed by atoms with Crippen molar-refractivity contribution in [1.82, 2.24) is 10.1 Å². The summed E-state index contributed by atoms with van der Waals surface area (Å²) in [4.78, 5) is 18.5. The Morgan fingerprint density at radius 2 is 2.19 bits per heavy atom. The number of hydrogen-bond donors (Lipinski definition) is 0. The quantitative estimate of drug-likeness (QED) is 0.720. The molecule has 0 fully saturated rings. The van der Waals surface area contributed by atoms with Gasteiger partial charge < -0.3 is 14.2 Å². The molecule has 7 heteroatoms. The number of hydrogen-bond acceptors (Lipinski definition) is 5. The van der Waals surface area contributed by atoms with Crippen LogP contribution in [0.1, 0.15) is 27.6 Å². The maximum absolute atomic E-state index is 13.6. The molecule has 0 unspecified atom stereocenters. The van der Waals surface area contributed by atoms with E-state index in [1.54, 1.807) is 42.2 Å². The van der Waals surface area contributed by atoms with Crippen molar-refractivity contribution in [2.75, 3.05) is 11.4 Å². The molecule has 2 aromatic carbocycles. The first-order chi connectivity index (χ1) is 12.6. The zero-order valence-electron chi connectivity index (χ0n) is 14.1. The van der Waals surface area contributed by atoms with Crippen LogP contribution < -0.4 is 9.64 Å². The molecule has 3 aromatic rings. The number of carbonyl (C=O) groups excluding carboxylic acids is 1. The standard InChI is InChI=1S/C19H16FN3O3/c1-12-21-18(22-26-12)11-25-16-4-2-3-14(9-16)19(24)23-8-7-13-5-6-15(20)10-17(13)23/h2-6,9-10H,7-8,11H2,1H3. The predicted octanol–water partition coefficient (Wildman–Crippen LogP) is 3.30. The van der Waals surface area contributed by atoms with Crippen LogP contribution in [-0.4, -0.2) is 22.6 Å². The molecule has 0 saturated carbocycles. The van der Waals surface area contributed by atoms with E-state index in [2.05, 4.69) is 10.1 Å². The zero-order valence-corrected chi connectivity index (χ0v) is 14.1. The number of nitrogens with zero attached hydrogens (tertiary/aromatic N) is 3. The highest BCUT2D eigenvalue weighted by molar-refractivity contribution is 6.07. The zero-order chi connectivity index (χ0) is 18.1. The van der Waals surface area contributed by atoms with Crippen molar-refractivity contribution in [3.05, 3.63) is 71.1 Å². The van der Waals surface area contributed by atoms with Crippen LogP contribution in [0.4, 0.5) is 10.1 Å². The van der Waals surface area contributed by atoms with Gasteiger partial charge >= 0.3 is 0 Å². The normalized spacial score (nSPS) is 12.9. The lowest BCUT2D eigenvalue weighted by Crippen LogP contribution is -2.28. The van der Waals surface area contributed by atoms with E-state index in [1.807, 2.05) is 0 Å². The number of carbonyl (C=O) groups is 1. The Morgan fingerprint density at radius 3 is 3.00 bits per heavy atom. The Bertz CT molecular complexity index is 970. The molecule has 26 heavy (non-hydrogen) atoms. The van der Waals surface area contributed by atoms with Crippen molar-refractivity contribution in [2.45, 2.75) is 20.0 Å². The van der Waals surface area contributed by atoms with Gasteiger partial charge in [0.25, 0.3) is 5.91 Å². The molecule has 0 saturated heterocycles. The van der Waals surface area contributed by atoms with Crippen molar-refractivity contribution in [1.29, 1.82) is 0 Å². The van der Waals surface area contributed by atoms with Crippen LogP contribution in [0, 0.1) is 12.7 Å². The third-order valence-corrected chi connectivity index (χ3v) is 4.21. The first-order valence-electron chi connectivity index (χ1n) is 8.22. The molecule has 0 radical (unpaired) electrons. The fraction of sp³-hybridized carbons (Fsp3) is 0.211. The molecule has 1 aromatic heterocycles. The number of ether oxygens (including phenoxy) is 1. The first kappa shape index (κ1) is 16.3. The molecule has 0 N–H and O–H groups in total. The molecular weight excluding hydrogens is 337 g/mol. The van der Waals surface area contributed by atoms with Crippen LogP contribution in [0.5, 0.6) is 5.75 Å². The highest BCUT2D eigenvalue weighted by Gasteiger charge is 2.26. The minimum atomic E-state index is -0.351. The summed E-state index contributed by atoms with van der Waals surface area (Å²) in [6.07, 6.45) is 0.717. The van der Waals surface area contributed by atoms with Crippen LogP contribution in [0.25, 0.3) is 0 Å². The largest absolute Gasteiger partial charge is 0.485 e. The number of aromatic nitrogens is 2.